The number of nitrogens with zero attached hydrogens (tertiary/aromatic N) is 5. The molecule has 0 spiro atoms. The molecule has 1 amide bonds. The van der Waals surface area contributed by atoms with E-state index in [2.05, 4.69) is 26.8 Å². The zero-order chi connectivity index (χ0) is 40.4. The molecular formula is C43H37Cl2F5N6O2. The number of rotatable bonds is 8. The highest BCUT2D eigenvalue weighted by molar-refractivity contribution is 6.43. The Morgan fingerprint density at radius 3 is 2.55 bits per heavy atom. The van der Waals surface area contributed by atoms with E-state index in [0.29, 0.717) is 47.6 Å². The van der Waals surface area contributed by atoms with Crippen molar-refractivity contribution in [1.29, 1.82) is 5.26 Å². The molecule has 3 aromatic carbocycles. The van der Waals surface area contributed by atoms with Gasteiger partial charge in [0.2, 0.25) is 5.91 Å². The van der Waals surface area contributed by atoms with E-state index in [4.69, 9.17) is 28.2 Å². The fraction of sp³-hybridized carbons (Fsp3) is 0.419. The monoisotopic (exact) mass is 834 g/mol. The van der Waals surface area contributed by atoms with Gasteiger partial charge in [-0.2, -0.15) is 5.26 Å². The second-order valence-electron chi connectivity index (χ2n) is 16.5. The van der Waals surface area contributed by atoms with Crippen molar-refractivity contribution >= 4 is 56.6 Å². The van der Waals surface area contributed by atoms with Crippen LogP contribution in [0.1, 0.15) is 61.1 Å². The van der Waals surface area contributed by atoms with Crippen molar-refractivity contribution in [3.05, 3.63) is 87.2 Å². The molecule has 300 valence electrons. The maximum absolute atomic E-state index is 17.3. The molecule has 6 aliphatic rings. The number of likely N-dealkylation sites (tertiary alicyclic amines) is 1. The van der Waals surface area contributed by atoms with E-state index in [0.717, 1.165) is 54.5 Å². The smallest absolute Gasteiger partial charge is 0.406 e. The number of amides is 1. The number of carbonyl (C=O) groups is 1. The number of hydrogen-bond acceptors (Lipinski definition) is 6. The summed E-state index contributed by atoms with van der Waals surface area (Å²) in [4.78, 5) is 23.1. The predicted molar refractivity (Wildman–Crippen MR) is 210 cm³/mol. The lowest BCUT2D eigenvalue weighted by molar-refractivity contribution is -0.274. The van der Waals surface area contributed by atoms with Crippen LogP contribution in [0.5, 0.6) is 5.75 Å². The Morgan fingerprint density at radius 1 is 1.05 bits per heavy atom. The van der Waals surface area contributed by atoms with Crippen LogP contribution in [0.3, 0.4) is 0 Å². The third-order valence-corrected chi connectivity index (χ3v) is 13.8. The molecule has 4 saturated heterocycles. The number of aromatic nitrogens is 2. The Labute approximate surface area is 340 Å². The van der Waals surface area contributed by atoms with E-state index in [1.54, 1.807) is 18.2 Å². The van der Waals surface area contributed by atoms with Gasteiger partial charge in [-0.3, -0.25) is 4.79 Å². The van der Waals surface area contributed by atoms with Crippen LogP contribution in [0.15, 0.2) is 48.5 Å². The van der Waals surface area contributed by atoms with E-state index < -0.39 is 29.8 Å². The zero-order valence-electron chi connectivity index (χ0n) is 31.2. The molecule has 6 heterocycles. The topological polar surface area (TPSA) is 86.4 Å². The number of ether oxygens (including phenoxy) is 1. The summed E-state index contributed by atoms with van der Waals surface area (Å²) >= 11 is 13.1. The number of hydrogen-bond donors (Lipinski definition) is 1. The highest BCUT2D eigenvalue weighted by Gasteiger charge is 2.55. The first kappa shape index (κ1) is 37.6. The van der Waals surface area contributed by atoms with Crippen LogP contribution in [0.2, 0.25) is 10.0 Å². The number of nitriles is 1. The molecule has 58 heavy (non-hydrogen) atoms. The van der Waals surface area contributed by atoms with Crippen LogP contribution in [-0.2, 0) is 11.2 Å². The average molecular weight is 836 g/mol. The molecule has 2 saturated carbocycles. The number of aryl methyl sites for hydroxylation is 2. The molecule has 6 unspecified atom stereocenters. The molecule has 6 atom stereocenters. The number of fused-ring (bicyclic) bond motifs is 6. The summed E-state index contributed by atoms with van der Waals surface area (Å²) in [5.41, 5.74) is 3.90. The highest BCUT2D eigenvalue weighted by Crippen LogP contribution is 2.54. The van der Waals surface area contributed by atoms with Gasteiger partial charge in [0.25, 0.3) is 0 Å². The number of piperidine rings is 1. The fourth-order valence-corrected chi connectivity index (χ4v) is 10.8. The largest absolute Gasteiger partial charge is 0.573 e. The average Bonchev–Trinajstić information content (AvgIpc) is 3.45. The third kappa shape index (κ3) is 6.00. The van der Waals surface area contributed by atoms with Gasteiger partial charge in [0.15, 0.2) is 5.82 Å². The summed E-state index contributed by atoms with van der Waals surface area (Å²) in [6.07, 6.45) is -1.34. The van der Waals surface area contributed by atoms with Crippen molar-refractivity contribution in [2.75, 3.05) is 24.5 Å². The van der Waals surface area contributed by atoms with Crippen LogP contribution in [0.25, 0.3) is 32.9 Å². The molecule has 0 radical (unpaired) electrons. The molecular weight excluding hydrogens is 798 g/mol. The van der Waals surface area contributed by atoms with Crippen LogP contribution in [0, 0.1) is 47.6 Å². The lowest BCUT2D eigenvalue weighted by Gasteiger charge is -2.40. The summed E-state index contributed by atoms with van der Waals surface area (Å²) in [6, 6.07) is 13.9. The van der Waals surface area contributed by atoms with Gasteiger partial charge in [0, 0.05) is 83.3 Å². The first-order valence-corrected chi connectivity index (χ1v) is 20.4. The van der Waals surface area contributed by atoms with Crippen molar-refractivity contribution in [1.82, 2.24) is 19.8 Å². The Hall–Kier alpha value is -4.64. The number of carbonyl (C=O) groups excluding carboxylic acids is 1. The summed E-state index contributed by atoms with van der Waals surface area (Å²) in [5, 5.41) is 15.2. The van der Waals surface area contributed by atoms with E-state index in [1.165, 1.54) is 6.07 Å². The SMILES string of the molecule is Cc1nc2c(F)c(-c3cccc(Cl)c3Cl)c(CCC#N)cc2c2c1cc(C1C3CC(CN(c4ccc(OC(F)(F)F)cc4F)C3)N1C(=O)C1CC1)n2C1C2CNC1C2. The molecule has 4 aliphatic heterocycles. The van der Waals surface area contributed by atoms with E-state index in [-0.39, 0.29) is 75.5 Å². The van der Waals surface area contributed by atoms with Gasteiger partial charge in [0.1, 0.15) is 17.1 Å². The van der Waals surface area contributed by atoms with E-state index >= 15 is 8.78 Å². The second-order valence-corrected chi connectivity index (χ2v) is 17.2. The first-order chi connectivity index (χ1) is 27.8. The van der Waals surface area contributed by atoms with Gasteiger partial charge >= 0.3 is 6.36 Å². The Balaban J connectivity index is 1.16. The molecule has 5 aromatic rings. The van der Waals surface area contributed by atoms with Crippen molar-refractivity contribution in [2.45, 2.75) is 76.0 Å². The van der Waals surface area contributed by atoms with Crippen molar-refractivity contribution in [2.24, 2.45) is 17.8 Å². The Morgan fingerprint density at radius 2 is 1.86 bits per heavy atom. The molecule has 6 fully saturated rings. The summed E-state index contributed by atoms with van der Waals surface area (Å²) in [5.74, 6) is -1.96. The number of pyridine rings is 1. The number of benzene rings is 3. The lowest BCUT2D eigenvalue weighted by Crippen LogP contribution is -2.45. The number of anilines is 1. The molecule has 4 bridgehead atoms. The van der Waals surface area contributed by atoms with Gasteiger partial charge in [-0.25, -0.2) is 13.8 Å². The zero-order valence-corrected chi connectivity index (χ0v) is 32.7. The van der Waals surface area contributed by atoms with Gasteiger partial charge in [0.05, 0.1) is 45.4 Å². The van der Waals surface area contributed by atoms with E-state index in [9.17, 15) is 23.2 Å². The second kappa shape index (κ2) is 13.7. The lowest BCUT2D eigenvalue weighted by atomic mass is 9.79. The maximum atomic E-state index is 17.3. The molecule has 1 N–H and O–H groups in total. The minimum absolute atomic E-state index is 0.0122. The number of halogens is 7. The quantitative estimate of drug-likeness (QED) is 0.157. The summed E-state index contributed by atoms with van der Waals surface area (Å²) in [6.45, 7) is 3.34. The highest BCUT2D eigenvalue weighted by atomic mass is 35.5. The standard InChI is InChI=1S/C43H37Cl2F5N6O2/c1-20-28-16-34(40-24-12-25(55(40)42(57)21-7-8-21)19-54(18-24)33-10-9-26(15-31(33)46)58-43(48,49)50)56(39-23-14-32(39)52-17-23)41(28)29-13-22(4-3-11-51)35(37(47)38(29)53-20)27-5-2-6-30(44)36(27)45/h2,5-6,9-10,13,15-16,21,23-25,32,39-40,52H,3-4,7-8,12,14,17-19H2,1H3. The number of nitrogens with one attached hydrogen (secondary N) is 1. The van der Waals surface area contributed by atoms with Crippen LogP contribution < -0.4 is 15.0 Å². The molecule has 8 nitrogen and oxygen atoms in total. The van der Waals surface area contributed by atoms with Crippen molar-refractivity contribution in [3.8, 4) is 22.9 Å². The molecule has 2 aromatic heterocycles. The first-order valence-electron chi connectivity index (χ1n) is 19.6. The Bertz CT molecular complexity index is 2570. The van der Waals surface area contributed by atoms with Crippen LogP contribution in [0.4, 0.5) is 27.6 Å². The summed E-state index contributed by atoms with van der Waals surface area (Å²) < 4.78 is 78.1. The maximum Gasteiger partial charge on any atom is 0.573 e. The van der Waals surface area contributed by atoms with Crippen LogP contribution >= 0.6 is 23.2 Å². The minimum Gasteiger partial charge on any atom is -0.406 e. The van der Waals surface area contributed by atoms with Crippen molar-refractivity contribution < 1.29 is 31.5 Å². The van der Waals surface area contributed by atoms with Crippen LogP contribution in [-0.4, -0.2) is 58.4 Å². The molecule has 15 heteroatoms. The normalized spacial score (nSPS) is 25.1. The van der Waals surface area contributed by atoms with Crippen molar-refractivity contribution in [3.63, 3.8) is 0 Å². The molecule has 11 rings (SSSR count). The van der Waals surface area contributed by atoms with Gasteiger partial charge < -0.3 is 24.4 Å². The molecule has 2 aliphatic carbocycles. The van der Waals surface area contributed by atoms with Gasteiger partial charge in [-0.1, -0.05) is 35.3 Å². The third-order valence-electron chi connectivity index (χ3n) is 13.0. The fourth-order valence-electron chi connectivity index (χ4n) is 10.4. The summed E-state index contributed by atoms with van der Waals surface area (Å²) in [7, 11) is 0. The minimum atomic E-state index is -4.96. The predicted octanol–water partition coefficient (Wildman–Crippen LogP) is 9.83. The number of alkyl halides is 3. The van der Waals surface area contributed by atoms with E-state index in [1.807, 2.05) is 22.8 Å². The Kier molecular flexibility index (Phi) is 8.89. The van der Waals surface area contributed by atoms with Gasteiger partial charge in [-0.15, -0.1) is 13.2 Å². The van der Waals surface area contributed by atoms with Gasteiger partial charge in [-0.05, 0) is 80.8 Å².